The van der Waals surface area contributed by atoms with E-state index in [0.29, 0.717) is 5.82 Å². The Kier molecular flexibility index (Phi) is 5.92. The molecule has 0 saturated heterocycles. The Balaban J connectivity index is 2.23. The monoisotopic (exact) mass is 329 g/mol. The molecule has 2 rings (SSSR count). The maximum absolute atomic E-state index is 6.37. The number of rotatable bonds is 4. The summed E-state index contributed by atoms with van der Waals surface area (Å²) in [7, 11) is 8.67. The maximum Gasteiger partial charge on any atom is 0.116 e. The highest BCUT2D eigenvalue weighted by Crippen LogP contribution is 2.36. The van der Waals surface area contributed by atoms with E-state index in [1.165, 1.54) is 22.3 Å². The van der Waals surface area contributed by atoms with Gasteiger partial charge in [0.2, 0.25) is 0 Å². The van der Waals surface area contributed by atoms with Crippen LogP contribution in [0.2, 0.25) is 6.82 Å². The van der Waals surface area contributed by atoms with Crippen molar-refractivity contribution in [3.63, 3.8) is 0 Å². The molecule has 0 N–H and O–H groups in total. The van der Waals surface area contributed by atoms with E-state index in [9.17, 15) is 0 Å². The van der Waals surface area contributed by atoms with Gasteiger partial charge in [0.25, 0.3) is 0 Å². The third-order valence-corrected chi connectivity index (χ3v) is 5.07. The van der Waals surface area contributed by atoms with E-state index < -0.39 is 0 Å². The van der Waals surface area contributed by atoms with Gasteiger partial charge in [-0.05, 0) is 33.6 Å². The average molecular weight is 329 g/mol. The molecule has 0 aliphatic rings. The van der Waals surface area contributed by atoms with E-state index in [1.807, 2.05) is 0 Å². The molecule has 0 aliphatic carbocycles. The van der Waals surface area contributed by atoms with Gasteiger partial charge in [-0.1, -0.05) is 108 Å². The molecule has 0 aliphatic heterocycles. The summed E-state index contributed by atoms with van der Waals surface area (Å²) in [6.07, 6.45) is 0. The van der Waals surface area contributed by atoms with Gasteiger partial charge in [0, 0.05) is 0 Å². The van der Waals surface area contributed by atoms with Crippen LogP contribution < -0.4 is 0 Å². The van der Waals surface area contributed by atoms with E-state index in [2.05, 4.69) is 104 Å². The van der Waals surface area contributed by atoms with E-state index in [-0.39, 0.29) is 16.6 Å². The molecule has 2 aromatic carbocycles. The minimum Gasteiger partial charge on any atom is -0.0914 e. The Hall–Kier alpha value is -1.43. The summed E-state index contributed by atoms with van der Waals surface area (Å²) in [5, 5.41) is 0. The largest absolute Gasteiger partial charge is 0.116 e. The maximum atomic E-state index is 6.37. The van der Waals surface area contributed by atoms with Crippen molar-refractivity contribution in [2.45, 2.75) is 60.0 Å². The van der Waals surface area contributed by atoms with Crippen molar-refractivity contribution in [2.24, 2.45) is 10.8 Å². The molecule has 2 heteroatoms. The lowest BCUT2D eigenvalue weighted by Crippen LogP contribution is -2.22. The van der Waals surface area contributed by atoms with E-state index in [1.54, 1.807) is 0 Å². The summed E-state index contributed by atoms with van der Waals surface area (Å²) in [5.41, 5.74) is 5.38. The molecule has 2 atom stereocenters. The van der Waals surface area contributed by atoms with Crippen LogP contribution in [0.15, 0.2) is 48.5 Å². The van der Waals surface area contributed by atoms with Crippen LogP contribution in [-0.4, -0.2) is 15.1 Å². The quantitative estimate of drug-likeness (QED) is 0.566. The summed E-state index contributed by atoms with van der Waals surface area (Å²) >= 11 is 0. The molecule has 3 radical (unpaired) electrons. The summed E-state index contributed by atoms with van der Waals surface area (Å²) in [6.45, 7) is 15.6. The van der Waals surface area contributed by atoms with Gasteiger partial charge in [0.05, 0.1) is 7.85 Å². The third-order valence-electron chi connectivity index (χ3n) is 5.07. The first-order chi connectivity index (χ1) is 11.5. The van der Waals surface area contributed by atoms with Gasteiger partial charge in [-0.3, -0.25) is 0 Å². The van der Waals surface area contributed by atoms with E-state index in [4.69, 9.17) is 7.85 Å². The van der Waals surface area contributed by atoms with Crippen molar-refractivity contribution in [3.8, 4) is 11.1 Å². The van der Waals surface area contributed by atoms with E-state index in [0.717, 1.165) is 0 Å². The van der Waals surface area contributed by atoms with Gasteiger partial charge in [-0.25, -0.2) is 0 Å². The molecule has 129 valence electrons. The SMILES string of the molecule is [B]C(c1ccc(-c2ccc(C([B]C)C(C)(C)C)cc2)cc1)C(C)(C)C. The average Bonchev–Trinajstić information content (AvgIpc) is 2.53. The second-order valence-corrected chi connectivity index (χ2v) is 9.26. The first-order valence-corrected chi connectivity index (χ1v) is 9.29. The molecule has 0 amide bonds. The highest BCUT2D eigenvalue weighted by atomic mass is 14.2. The van der Waals surface area contributed by atoms with Crippen LogP contribution in [0.1, 0.15) is 64.3 Å². The lowest BCUT2D eigenvalue weighted by Gasteiger charge is -2.30. The minimum absolute atomic E-state index is 0.0524. The van der Waals surface area contributed by atoms with Crippen LogP contribution >= 0.6 is 0 Å². The molecule has 2 aromatic rings. The van der Waals surface area contributed by atoms with Crippen molar-refractivity contribution in [1.82, 2.24) is 0 Å². The highest BCUT2D eigenvalue weighted by molar-refractivity contribution is 6.36. The fourth-order valence-corrected chi connectivity index (χ4v) is 3.46. The van der Waals surface area contributed by atoms with Crippen molar-refractivity contribution < 1.29 is 0 Å². The zero-order chi connectivity index (χ0) is 18.8. The number of benzene rings is 2. The molecule has 0 spiro atoms. The summed E-state index contributed by atoms with van der Waals surface area (Å²) in [4.78, 5) is 0. The molecule has 25 heavy (non-hydrogen) atoms. The van der Waals surface area contributed by atoms with Crippen molar-refractivity contribution >= 4 is 15.1 Å². The normalized spacial score (nSPS) is 14.8. The van der Waals surface area contributed by atoms with Gasteiger partial charge < -0.3 is 0 Å². The Bertz CT molecular complexity index is 670. The van der Waals surface area contributed by atoms with Crippen molar-refractivity contribution in [1.29, 1.82) is 0 Å². The van der Waals surface area contributed by atoms with Crippen LogP contribution in [0.5, 0.6) is 0 Å². The van der Waals surface area contributed by atoms with Gasteiger partial charge in [0.1, 0.15) is 7.28 Å². The molecule has 0 fully saturated rings. The summed E-state index contributed by atoms with van der Waals surface area (Å²) < 4.78 is 0. The van der Waals surface area contributed by atoms with Gasteiger partial charge in [-0.15, -0.1) is 0 Å². The first kappa shape index (κ1) is 19.9. The molecule has 2 unspecified atom stereocenters. The molecule has 0 bridgehead atoms. The smallest absolute Gasteiger partial charge is 0.0914 e. The fourth-order valence-electron chi connectivity index (χ4n) is 3.46. The lowest BCUT2D eigenvalue weighted by molar-refractivity contribution is 0.392. The molecule has 0 nitrogen and oxygen atoms in total. The predicted octanol–water partition coefficient (Wildman–Crippen LogP) is 6.45. The molecule has 0 aromatic heterocycles. The van der Waals surface area contributed by atoms with Crippen LogP contribution in [-0.2, 0) is 0 Å². The molecule has 0 saturated carbocycles. The molecular formula is C23H31B2. The summed E-state index contributed by atoms with van der Waals surface area (Å²) in [6, 6.07) is 17.7. The minimum atomic E-state index is 0.0524. The number of hydrogen-bond acceptors (Lipinski definition) is 0. The van der Waals surface area contributed by atoms with Gasteiger partial charge in [-0.2, -0.15) is 0 Å². The van der Waals surface area contributed by atoms with Gasteiger partial charge >= 0.3 is 0 Å². The van der Waals surface area contributed by atoms with Crippen LogP contribution in [0.25, 0.3) is 11.1 Å². The van der Waals surface area contributed by atoms with Crippen LogP contribution in [0, 0.1) is 10.8 Å². The molecular weight excluding hydrogens is 298 g/mol. The third kappa shape index (κ3) is 4.81. The second-order valence-electron chi connectivity index (χ2n) is 9.26. The second kappa shape index (κ2) is 7.44. The van der Waals surface area contributed by atoms with Crippen LogP contribution in [0.4, 0.5) is 0 Å². The fraction of sp³-hybridized carbons (Fsp3) is 0.478. The van der Waals surface area contributed by atoms with Crippen molar-refractivity contribution in [3.05, 3.63) is 59.7 Å². The molecule has 0 heterocycles. The Labute approximate surface area is 157 Å². The predicted molar refractivity (Wildman–Crippen MR) is 114 cm³/mol. The Morgan fingerprint density at radius 3 is 1.40 bits per heavy atom. The number of hydrogen-bond donors (Lipinski definition) is 0. The van der Waals surface area contributed by atoms with Crippen molar-refractivity contribution in [2.75, 3.05) is 0 Å². The Morgan fingerprint density at radius 1 is 0.680 bits per heavy atom. The van der Waals surface area contributed by atoms with Gasteiger partial charge in [0.15, 0.2) is 0 Å². The standard InChI is InChI=1S/C23H31B2/c1-22(2,3)20(24)18-12-8-16(9-13-18)17-10-14-19(15-11-17)21(25-7)23(4,5)6/h8-15,20-21H,1-7H3. The van der Waals surface area contributed by atoms with Crippen LogP contribution in [0.3, 0.4) is 0 Å². The summed E-state index contributed by atoms with van der Waals surface area (Å²) in [5.74, 6) is 0.519. The zero-order valence-corrected chi connectivity index (χ0v) is 16.9. The topological polar surface area (TPSA) is 0 Å². The first-order valence-electron chi connectivity index (χ1n) is 9.29. The lowest BCUT2D eigenvalue weighted by atomic mass is 9.54. The highest BCUT2D eigenvalue weighted by Gasteiger charge is 2.24. The Morgan fingerprint density at radius 2 is 1.08 bits per heavy atom. The van der Waals surface area contributed by atoms with E-state index >= 15 is 0 Å². The zero-order valence-electron chi connectivity index (χ0n) is 16.9.